The van der Waals surface area contributed by atoms with Crippen molar-refractivity contribution >= 4 is 11.8 Å². The third-order valence-corrected chi connectivity index (χ3v) is 1.37. The van der Waals surface area contributed by atoms with E-state index in [1.807, 2.05) is 13.8 Å². The van der Waals surface area contributed by atoms with Crippen LogP contribution in [0.15, 0.2) is 0 Å². The van der Waals surface area contributed by atoms with E-state index in [1.165, 1.54) is 11.8 Å². The molecule has 0 aliphatic rings. The van der Waals surface area contributed by atoms with Gasteiger partial charge in [-0.15, -0.1) is 0 Å². The summed E-state index contributed by atoms with van der Waals surface area (Å²) in [6.45, 7) is 5.33. The van der Waals surface area contributed by atoms with Crippen molar-refractivity contribution in [3.8, 4) is 0 Å². The van der Waals surface area contributed by atoms with Crippen LogP contribution in [0.1, 0.15) is 20.8 Å². The average molecular weight is 172 g/mol. The fourth-order valence-electron chi connectivity index (χ4n) is 0.694. The topological polar surface area (TPSA) is 49.4 Å². The summed E-state index contributed by atoms with van der Waals surface area (Å²) < 4.78 is 0. The number of hydrogen-bond donors (Lipinski definition) is 1. The quantitative estimate of drug-likeness (QED) is 0.651. The molecule has 0 aromatic heterocycles. The van der Waals surface area contributed by atoms with Crippen molar-refractivity contribution in [2.24, 2.45) is 0 Å². The van der Waals surface area contributed by atoms with Gasteiger partial charge in [0.25, 0.3) is 0 Å². The molecule has 0 aromatic carbocycles. The van der Waals surface area contributed by atoms with Gasteiger partial charge in [-0.05, 0) is 13.8 Å². The monoisotopic (exact) mass is 172 g/mol. The Morgan fingerprint density at radius 3 is 2.25 bits per heavy atom. The number of carbonyl (C=O) groups excluding carboxylic acids is 2. The van der Waals surface area contributed by atoms with E-state index in [0.717, 1.165) is 0 Å². The third kappa shape index (κ3) is 4.71. The maximum absolute atomic E-state index is 11.1. The van der Waals surface area contributed by atoms with E-state index in [0.29, 0.717) is 0 Å². The van der Waals surface area contributed by atoms with Crippen LogP contribution in [0.25, 0.3) is 0 Å². The number of rotatable bonds is 3. The molecule has 0 rings (SSSR count). The summed E-state index contributed by atoms with van der Waals surface area (Å²) in [5, 5.41) is 2.70. The van der Waals surface area contributed by atoms with Gasteiger partial charge in [-0.2, -0.15) is 0 Å². The van der Waals surface area contributed by atoms with Crippen molar-refractivity contribution in [3.63, 3.8) is 0 Å². The normalized spacial score (nSPS) is 9.75. The molecule has 1 N–H and O–H groups in total. The predicted octanol–water partition coefficient (Wildman–Crippen LogP) is -0.0107. The Balaban J connectivity index is 3.77. The molecule has 0 aliphatic heterocycles. The van der Waals surface area contributed by atoms with E-state index in [9.17, 15) is 9.59 Å². The van der Waals surface area contributed by atoms with Crippen LogP contribution in [0.3, 0.4) is 0 Å². The fourth-order valence-corrected chi connectivity index (χ4v) is 0.694. The number of hydrogen-bond acceptors (Lipinski definition) is 2. The van der Waals surface area contributed by atoms with Crippen LogP contribution in [0.4, 0.5) is 0 Å². The molecule has 0 heterocycles. The lowest BCUT2D eigenvalue weighted by atomic mass is 10.4. The van der Waals surface area contributed by atoms with E-state index in [4.69, 9.17) is 0 Å². The average Bonchev–Trinajstić information content (AvgIpc) is 1.84. The Hall–Kier alpha value is -1.06. The molecule has 0 saturated carbocycles. The fraction of sp³-hybridized carbons (Fsp3) is 0.750. The highest BCUT2D eigenvalue weighted by molar-refractivity contribution is 5.83. The molecule has 4 heteroatoms. The molecule has 0 aliphatic carbocycles. The summed E-state index contributed by atoms with van der Waals surface area (Å²) in [5.41, 5.74) is 0. The lowest BCUT2D eigenvalue weighted by Crippen LogP contribution is -2.40. The molecular weight excluding hydrogens is 156 g/mol. The second kappa shape index (κ2) is 4.74. The van der Waals surface area contributed by atoms with Gasteiger partial charge >= 0.3 is 0 Å². The Kier molecular flexibility index (Phi) is 4.33. The van der Waals surface area contributed by atoms with Crippen molar-refractivity contribution in [3.05, 3.63) is 0 Å². The molecule has 0 bridgehead atoms. The largest absolute Gasteiger partial charge is 0.352 e. The van der Waals surface area contributed by atoms with Gasteiger partial charge in [-0.3, -0.25) is 9.59 Å². The Bertz CT molecular complexity index is 178. The maximum atomic E-state index is 11.1. The van der Waals surface area contributed by atoms with Gasteiger partial charge in [0.2, 0.25) is 11.8 Å². The van der Waals surface area contributed by atoms with E-state index in [2.05, 4.69) is 5.32 Å². The number of nitrogens with one attached hydrogen (secondary N) is 1. The molecule has 0 fully saturated rings. The van der Waals surface area contributed by atoms with E-state index >= 15 is 0 Å². The molecule has 0 aromatic rings. The zero-order valence-electron chi connectivity index (χ0n) is 8.05. The minimum atomic E-state index is -0.122. The highest BCUT2D eigenvalue weighted by Gasteiger charge is 2.08. The molecule has 2 amide bonds. The molecule has 70 valence electrons. The van der Waals surface area contributed by atoms with Gasteiger partial charge in [-0.25, -0.2) is 0 Å². The standard InChI is InChI=1S/C8H16N2O2/c1-6(2)9-8(12)5-10(4)7(3)11/h6H,5H2,1-4H3,(H,9,12). The minimum absolute atomic E-state index is 0.103. The van der Waals surface area contributed by atoms with Crippen molar-refractivity contribution in [1.29, 1.82) is 0 Å². The van der Waals surface area contributed by atoms with Crippen LogP contribution in [0, 0.1) is 0 Å². The Morgan fingerprint density at radius 2 is 1.92 bits per heavy atom. The molecule has 0 unspecified atom stereocenters. The van der Waals surface area contributed by atoms with Crippen LogP contribution in [0.5, 0.6) is 0 Å². The highest BCUT2D eigenvalue weighted by atomic mass is 16.2. The first-order valence-corrected chi connectivity index (χ1v) is 3.94. The van der Waals surface area contributed by atoms with Crippen LogP contribution in [-0.2, 0) is 9.59 Å². The lowest BCUT2D eigenvalue weighted by molar-refractivity contribution is -0.133. The Morgan fingerprint density at radius 1 is 1.42 bits per heavy atom. The zero-order valence-corrected chi connectivity index (χ0v) is 8.05. The number of amides is 2. The van der Waals surface area contributed by atoms with Gasteiger partial charge < -0.3 is 10.2 Å². The van der Waals surface area contributed by atoms with E-state index < -0.39 is 0 Å². The summed E-state index contributed by atoms with van der Waals surface area (Å²) in [4.78, 5) is 23.1. The molecule has 0 spiro atoms. The molecule has 0 saturated heterocycles. The number of carbonyl (C=O) groups is 2. The third-order valence-electron chi connectivity index (χ3n) is 1.37. The second-order valence-electron chi connectivity index (χ2n) is 3.10. The van der Waals surface area contributed by atoms with Gasteiger partial charge in [0.15, 0.2) is 0 Å². The molecule has 12 heavy (non-hydrogen) atoms. The molecule has 0 radical (unpaired) electrons. The van der Waals surface area contributed by atoms with Gasteiger partial charge in [0.1, 0.15) is 0 Å². The van der Waals surface area contributed by atoms with Gasteiger partial charge in [-0.1, -0.05) is 0 Å². The van der Waals surface area contributed by atoms with Crippen molar-refractivity contribution in [1.82, 2.24) is 10.2 Å². The van der Waals surface area contributed by atoms with E-state index in [-0.39, 0.29) is 24.4 Å². The Labute approximate surface area is 72.9 Å². The van der Waals surface area contributed by atoms with Gasteiger partial charge in [0.05, 0.1) is 6.54 Å². The predicted molar refractivity (Wildman–Crippen MR) is 46.6 cm³/mol. The summed E-state index contributed by atoms with van der Waals surface area (Å²) in [7, 11) is 1.60. The summed E-state index contributed by atoms with van der Waals surface area (Å²) in [6, 6.07) is 0.123. The van der Waals surface area contributed by atoms with Crippen molar-refractivity contribution in [2.75, 3.05) is 13.6 Å². The number of likely N-dealkylation sites (N-methyl/N-ethyl adjacent to an activating group) is 1. The van der Waals surface area contributed by atoms with Crippen molar-refractivity contribution in [2.45, 2.75) is 26.8 Å². The smallest absolute Gasteiger partial charge is 0.239 e. The maximum Gasteiger partial charge on any atom is 0.239 e. The minimum Gasteiger partial charge on any atom is -0.352 e. The van der Waals surface area contributed by atoms with Crippen LogP contribution in [-0.4, -0.2) is 36.3 Å². The zero-order chi connectivity index (χ0) is 9.72. The molecular formula is C8H16N2O2. The summed E-state index contributed by atoms with van der Waals surface area (Å²) in [5.74, 6) is -0.225. The first kappa shape index (κ1) is 10.9. The van der Waals surface area contributed by atoms with E-state index in [1.54, 1.807) is 7.05 Å². The van der Waals surface area contributed by atoms with Crippen LogP contribution < -0.4 is 5.32 Å². The van der Waals surface area contributed by atoms with Crippen LogP contribution in [0.2, 0.25) is 0 Å². The first-order valence-electron chi connectivity index (χ1n) is 3.94. The first-order chi connectivity index (χ1) is 5.43. The summed E-state index contributed by atoms with van der Waals surface area (Å²) >= 11 is 0. The van der Waals surface area contributed by atoms with Crippen LogP contribution >= 0.6 is 0 Å². The second-order valence-corrected chi connectivity index (χ2v) is 3.10. The van der Waals surface area contributed by atoms with Gasteiger partial charge in [0, 0.05) is 20.0 Å². The molecule has 4 nitrogen and oxygen atoms in total. The number of nitrogens with zero attached hydrogens (tertiary/aromatic N) is 1. The SMILES string of the molecule is CC(=O)N(C)CC(=O)NC(C)C. The summed E-state index contributed by atoms with van der Waals surface area (Å²) in [6.07, 6.45) is 0. The molecule has 0 atom stereocenters. The van der Waals surface area contributed by atoms with Crippen molar-refractivity contribution < 1.29 is 9.59 Å². The highest BCUT2D eigenvalue weighted by Crippen LogP contribution is 1.84. The lowest BCUT2D eigenvalue weighted by Gasteiger charge is -2.15.